The first-order valence-electron chi connectivity index (χ1n) is 10.5. The number of nitrogen functional groups attached to an aromatic ring is 1. The van der Waals surface area contributed by atoms with Crippen LogP contribution in [0.2, 0.25) is 0 Å². The van der Waals surface area contributed by atoms with Gasteiger partial charge in [0, 0.05) is 29.2 Å². The highest BCUT2D eigenvalue weighted by Crippen LogP contribution is 2.20. The normalized spacial score (nSPS) is 11.1. The third-order valence-corrected chi connectivity index (χ3v) is 7.54. The zero-order valence-electron chi connectivity index (χ0n) is 19.3. The van der Waals surface area contributed by atoms with Crippen LogP contribution < -0.4 is 15.2 Å². The highest BCUT2D eigenvalue weighted by molar-refractivity contribution is 7.93. The molecule has 10 nitrogen and oxygen atoms in total. The molecule has 198 valence electrons. The highest BCUT2D eigenvalue weighted by atomic mass is 32.2. The lowest BCUT2D eigenvalue weighted by molar-refractivity contribution is -0.384. The van der Waals surface area contributed by atoms with Gasteiger partial charge in [0.2, 0.25) is 0 Å². The number of sulfonamides is 2. The fourth-order valence-electron chi connectivity index (χ4n) is 2.86. The molecule has 0 aliphatic rings. The van der Waals surface area contributed by atoms with E-state index in [0.717, 1.165) is 36.4 Å². The minimum absolute atomic E-state index is 0.000671. The molecular weight excluding hydrogens is 542 g/mol. The zero-order valence-corrected chi connectivity index (χ0v) is 20.9. The average molecular weight is 563 g/mol. The fourth-order valence-corrected chi connectivity index (χ4v) is 4.98. The molecule has 0 saturated carbocycles. The number of nitrogens with zero attached hydrogens (tertiary/aromatic N) is 1. The molecule has 0 saturated heterocycles. The van der Waals surface area contributed by atoms with Crippen LogP contribution in [0.15, 0.2) is 107 Å². The van der Waals surface area contributed by atoms with Crippen molar-refractivity contribution in [3.8, 4) is 0 Å². The molecule has 38 heavy (non-hydrogen) atoms. The summed E-state index contributed by atoms with van der Waals surface area (Å²) in [4.78, 5) is 9.80. The molecule has 0 radical (unpaired) electrons. The van der Waals surface area contributed by atoms with E-state index in [1.54, 1.807) is 24.3 Å². The van der Waals surface area contributed by atoms with Gasteiger partial charge < -0.3 is 5.73 Å². The number of anilines is 3. The highest BCUT2D eigenvalue weighted by Gasteiger charge is 2.15. The van der Waals surface area contributed by atoms with Crippen LogP contribution in [0.25, 0.3) is 0 Å². The zero-order chi connectivity index (χ0) is 27.9. The van der Waals surface area contributed by atoms with Crippen molar-refractivity contribution >= 4 is 42.8 Å². The summed E-state index contributed by atoms with van der Waals surface area (Å²) in [7, 11) is -7.55. The summed E-state index contributed by atoms with van der Waals surface area (Å²) >= 11 is 0. The molecule has 0 bridgehead atoms. The van der Waals surface area contributed by atoms with Gasteiger partial charge in [-0.15, -0.1) is 0 Å². The van der Waals surface area contributed by atoms with Gasteiger partial charge in [-0.1, -0.05) is 0 Å². The van der Waals surface area contributed by atoms with Crippen molar-refractivity contribution in [3.05, 3.63) is 119 Å². The largest absolute Gasteiger partial charge is 0.399 e. The van der Waals surface area contributed by atoms with Crippen molar-refractivity contribution in [2.24, 2.45) is 0 Å². The average Bonchev–Trinajstić information content (AvgIpc) is 2.86. The van der Waals surface area contributed by atoms with E-state index < -0.39 is 36.6 Å². The van der Waals surface area contributed by atoms with E-state index in [4.69, 9.17) is 5.73 Å². The van der Waals surface area contributed by atoms with E-state index in [-0.39, 0.29) is 21.2 Å². The molecule has 0 amide bonds. The first kappa shape index (κ1) is 28.0. The summed E-state index contributed by atoms with van der Waals surface area (Å²) in [5.41, 5.74) is 6.47. The lowest BCUT2D eigenvalue weighted by Crippen LogP contribution is -2.12. The van der Waals surface area contributed by atoms with Crippen LogP contribution in [0.5, 0.6) is 0 Å². The lowest BCUT2D eigenvalue weighted by Gasteiger charge is -2.08. The number of benzene rings is 4. The molecule has 0 atom stereocenters. The van der Waals surface area contributed by atoms with E-state index >= 15 is 0 Å². The molecule has 4 aromatic rings. The first-order valence-corrected chi connectivity index (χ1v) is 13.5. The molecular formula is C24H20F2N4O6S2. The summed E-state index contributed by atoms with van der Waals surface area (Å²) in [5, 5.41) is 10.5. The van der Waals surface area contributed by atoms with Gasteiger partial charge in [-0.3, -0.25) is 19.6 Å². The molecule has 4 aromatic carbocycles. The van der Waals surface area contributed by atoms with Gasteiger partial charge in [-0.2, -0.15) is 0 Å². The molecule has 0 fully saturated rings. The number of rotatable bonds is 7. The molecule has 0 aromatic heterocycles. The molecule has 0 aliphatic heterocycles. The van der Waals surface area contributed by atoms with Crippen LogP contribution >= 0.6 is 0 Å². The number of nitrogens with one attached hydrogen (secondary N) is 2. The fraction of sp³-hybridized carbons (Fsp3) is 0. The summed E-state index contributed by atoms with van der Waals surface area (Å²) in [6.07, 6.45) is 0. The second-order valence-electron chi connectivity index (χ2n) is 7.54. The standard InChI is InChI=1S/C12H9FN2O4S.C12H11FN2O2S/c13-9-1-7-12(8-2-9)20(18,19)14-10-3-5-11(6-4-10)15(16)17;13-9-1-7-12(8-2-9)18(16,17)15-11-5-3-10(14)4-6-11/h1-8,14H;1-8,15H,14H2. The summed E-state index contributed by atoms with van der Waals surface area (Å²) in [6, 6.07) is 20.1. The number of nitro groups is 1. The number of halogens is 2. The Labute approximate surface area is 217 Å². The van der Waals surface area contributed by atoms with E-state index in [2.05, 4.69) is 9.44 Å². The molecule has 0 unspecified atom stereocenters. The Kier molecular flexibility index (Phi) is 8.60. The topological polar surface area (TPSA) is 162 Å². The van der Waals surface area contributed by atoms with Crippen molar-refractivity contribution in [3.63, 3.8) is 0 Å². The predicted octanol–water partition coefficient (Wildman–Crippen LogP) is 4.74. The van der Waals surface area contributed by atoms with E-state index in [1.807, 2.05) is 0 Å². The number of non-ortho nitro benzene ring substituents is 1. The summed E-state index contributed by atoms with van der Waals surface area (Å²) in [6.45, 7) is 0. The van der Waals surface area contributed by atoms with Gasteiger partial charge in [0.05, 0.1) is 14.7 Å². The number of nitrogens with two attached hydrogens (primary N) is 1. The van der Waals surface area contributed by atoms with Gasteiger partial charge in [-0.25, -0.2) is 25.6 Å². The van der Waals surface area contributed by atoms with E-state index in [9.17, 15) is 35.7 Å². The van der Waals surface area contributed by atoms with Crippen LogP contribution in [0.3, 0.4) is 0 Å². The summed E-state index contributed by atoms with van der Waals surface area (Å²) in [5.74, 6) is -1.03. The van der Waals surface area contributed by atoms with Crippen molar-refractivity contribution in [2.75, 3.05) is 15.2 Å². The van der Waals surface area contributed by atoms with Crippen molar-refractivity contribution in [2.45, 2.75) is 9.79 Å². The Morgan fingerprint density at radius 2 is 0.947 bits per heavy atom. The Morgan fingerprint density at radius 3 is 1.29 bits per heavy atom. The van der Waals surface area contributed by atoms with Gasteiger partial charge in [0.25, 0.3) is 25.7 Å². The maximum atomic E-state index is 12.7. The van der Waals surface area contributed by atoms with Crippen molar-refractivity contribution < 1.29 is 30.5 Å². The number of hydrogen-bond donors (Lipinski definition) is 3. The lowest BCUT2D eigenvalue weighted by atomic mass is 10.3. The number of nitro benzene ring substituents is 1. The van der Waals surface area contributed by atoms with Gasteiger partial charge >= 0.3 is 0 Å². The predicted molar refractivity (Wildman–Crippen MR) is 138 cm³/mol. The maximum Gasteiger partial charge on any atom is 0.269 e. The second-order valence-corrected chi connectivity index (χ2v) is 10.9. The minimum Gasteiger partial charge on any atom is -0.399 e. The van der Waals surface area contributed by atoms with Crippen molar-refractivity contribution in [1.82, 2.24) is 0 Å². The molecule has 4 rings (SSSR count). The Hall–Kier alpha value is -4.56. The smallest absolute Gasteiger partial charge is 0.269 e. The van der Waals surface area contributed by atoms with Gasteiger partial charge in [0.1, 0.15) is 11.6 Å². The monoisotopic (exact) mass is 562 g/mol. The quantitative estimate of drug-likeness (QED) is 0.166. The Bertz CT molecular complexity index is 1610. The molecule has 0 spiro atoms. The maximum absolute atomic E-state index is 12.7. The van der Waals surface area contributed by atoms with Crippen LogP contribution in [-0.4, -0.2) is 21.8 Å². The van der Waals surface area contributed by atoms with Crippen molar-refractivity contribution in [1.29, 1.82) is 0 Å². The first-order chi connectivity index (χ1) is 17.9. The minimum atomic E-state index is -3.85. The molecule has 0 aliphatic carbocycles. The Balaban J connectivity index is 0.000000212. The molecule has 14 heteroatoms. The van der Waals surface area contributed by atoms with Gasteiger partial charge in [0.15, 0.2) is 0 Å². The second kappa shape index (κ2) is 11.7. The molecule has 0 heterocycles. The van der Waals surface area contributed by atoms with E-state index in [1.165, 1.54) is 36.4 Å². The SMILES string of the molecule is Nc1ccc(NS(=O)(=O)c2ccc(F)cc2)cc1.O=[N+]([O-])c1ccc(NS(=O)(=O)c2ccc(F)cc2)cc1. The van der Waals surface area contributed by atoms with Crippen LogP contribution in [-0.2, 0) is 20.0 Å². The van der Waals surface area contributed by atoms with Crippen LogP contribution in [0.4, 0.5) is 31.5 Å². The van der Waals surface area contributed by atoms with E-state index in [0.29, 0.717) is 11.4 Å². The third kappa shape index (κ3) is 7.72. The number of hydrogen-bond acceptors (Lipinski definition) is 7. The van der Waals surface area contributed by atoms with Gasteiger partial charge in [-0.05, 0) is 84.9 Å². The summed E-state index contributed by atoms with van der Waals surface area (Å²) < 4.78 is 77.9. The molecule has 4 N–H and O–H groups in total. The Morgan fingerprint density at radius 1 is 0.605 bits per heavy atom. The van der Waals surface area contributed by atoms with Crippen LogP contribution in [0.1, 0.15) is 0 Å². The third-order valence-electron chi connectivity index (χ3n) is 4.74. The van der Waals surface area contributed by atoms with Crippen LogP contribution in [0, 0.1) is 21.7 Å².